The second-order valence-corrected chi connectivity index (χ2v) is 11.5. The first-order valence-electron chi connectivity index (χ1n) is 10.3. The van der Waals surface area contributed by atoms with E-state index in [4.69, 9.17) is 4.74 Å². The molecule has 2 nitrogen and oxygen atoms in total. The van der Waals surface area contributed by atoms with Crippen molar-refractivity contribution in [1.29, 1.82) is 0 Å². The highest BCUT2D eigenvalue weighted by atomic mass is 28.3. The maximum atomic E-state index is 13.2. The quantitative estimate of drug-likeness (QED) is 0.293. The van der Waals surface area contributed by atoms with Crippen LogP contribution in [0.3, 0.4) is 0 Å². The number of benzene rings is 2. The summed E-state index contributed by atoms with van der Waals surface area (Å²) in [5.41, 5.74) is 1.60. The number of carbonyl (C=O) groups is 1. The minimum Gasteiger partial charge on any atom is -0.423 e. The zero-order valence-corrected chi connectivity index (χ0v) is 17.8. The van der Waals surface area contributed by atoms with Gasteiger partial charge in [-0.1, -0.05) is 36.7 Å². The molecule has 1 unspecified atom stereocenters. The Kier molecular flexibility index (Phi) is 7.53. The van der Waals surface area contributed by atoms with Crippen molar-refractivity contribution in [3.8, 4) is 5.75 Å². The average molecular weight is 421 g/mol. The summed E-state index contributed by atoms with van der Waals surface area (Å²) in [5.74, 6) is -2.15. The fourth-order valence-electron chi connectivity index (χ4n) is 4.07. The monoisotopic (exact) mass is 420 g/mol. The Balaban J connectivity index is 1.51. The SMILES string of the molecule is CC(F)CCC[Si@H]1CC[C@H](c2ccc(C(=O)Oc3ccc(F)c(F)c3)cc2)CC1. The smallest absolute Gasteiger partial charge is 0.343 e. The van der Waals surface area contributed by atoms with Gasteiger partial charge >= 0.3 is 5.97 Å². The third kappa shape index (κ3) is 6.20. The van der Waals surface area contributed by atoms with Gasteiger partial charge in [0.25, 0.3) is 0 Å². The van der Waals surface area contributed by atoms with E-state index < -0.39 is 32.6 Å². The number of halogens is 3. The van der Waals surface area contributed by atoms with Crippen LogP contribution in [-0.4, -0.2) is 20.9 Å². The highest BCUT2D eigenvalue weighted by molar-refractivity contribution is 6.59. The van der Waals surface area contributed by atoms with Gasteiger partial charge in [-0.05, 0) is 61.9 Å². The molecular weight excluding hydrogens is 393 g/mol. The van der Waals surface area contributed by atoms with Crippen LogP contribution >= 0.6 is 0 Å². The third-order valence-corrected chi connectivity index (χ3v) is 9.30. The van der Waals surface area contributed by atoms with Gasteiger partial charge in [0.1, 0.15) is 5.75 Å². The second-order valence-electron chi connectivity index (χ2n) is 8.02. The zero-order valence-electron chi connectivity index (χ0n) is 16.7. The Bertz CT molecular complexity index is 815. The molecule has 0 bridgehead atoms. The Hall–Kier alpha value is -2.08. The first kappa shape index (κ1) is 21.6. The van der Waals surface area contributed by atoms with E-state index >= 15 is 0 Å². The highest BCUT2D eigenvalue weighted by Crippen LogP contribution is 2.35. The van der Waals surface area contributed by atoms with Crippen molar-refractivity contribution < 1.29 is 22.7 Å². The van der Waals surface area contributed by atoms with Crippen LogP contribution in [0, 0.1) is 11.6 Å². The van der Waals surface area contributed by atoms with Crippen molar-refractivity contribution in [2.75, 3.05) is 0 Å². The van der Waals surface area contributed by atoms with E-state index in [1.54, 1.807) is 19.1 Å². The molecule has 2 aromatic rings. The van der Waals surface area contributed by atoms with Crippen LogP contribution in [0.25, 0.3) is 0 Å². The molecule has 1 aliphatic rings. The van der Waals surface area contributed by atoms with Crippen molar-refractivity contribution >= 4 is 14.8 Å². The molecule has 0 amide bonds. The molecule has 0 spiro atoms. The number of alkyl halides is 1. The van der Waals surface area contributed by atoms with E-state index in [0.717, 1.165) is 18.6 Å². The maximum absolute atomic E-state index is 13.2. The van der Waals surface area contributed by atoms with E-state index in [0.29, 0.717) is 17.9 Å². The molecule has 2 aromatic carbocycles. The summed E-state index contributed by atoms with van der Waals surface area (Å²) in [7, 11) is -0.719. The number of esters is 1. The summed E-state index contributed by atoms with van der Waals surface area (Å²) in [4.78, 5) is 12.2. The van der Waals surface area contributed by atoms with Gasteiger partial charge < -0.3 is 4.74 Å². The predicted octanol–water partition coefficient (Wildman–Crippen LogP) is 6.43. The first-order valence-corrected chi connectivity index (χ1v) is 12.8. The van der Waals surface area contributed by atoms with E-state index in [-0.39, 0.29) is 5.75 Å². The number of hydrogen-bond acceptors (Lipinski definition) is 2. The Morgan fingerprint density at radius 3 is 2.41 bits per heavy atom. The normalized spacial score (nSPS) is 20.3. The van der Waals surface area contributed by atoms with Crippen LogP contribution in [0.1, 0.15) is 54.4 Å². The molecule has 0 saturated carbocycles. The van der Waals surface area contributed by atoms with Crippen LogP contribution < -0.4 is 4.74 Å². The summed E-state index contributed by atoms with van der Waals surface area (Å²) >= 11 is 0. The summed E-state index contributed by atoms with van der Waals surface area (Å²) in [6, 6.07) is 14.2. The molecule has 0 aromatic heterocycles. The Morgan fingerprint density at radius 1 is 1.10 bits per heavy atom. The largest absolute Gasteiger partial charge is 0.423 e. The van der Waals surface area contributed by atoms with E-state index in [9.17, 15) is 18.0 Å². The van der Waals surface area contributed by atoms with Crippen molar-refractivity contribution in [2.45, 2.75) is 62.8 Å². The summed E-state index contributed by atoms with van der Waals surface area (Å²) < 4.78 is 44.3. The van der Waals surface area contributed by atoms with Gasteiger partial charge in [-0.2, -0.15) is 0 Å². The van der Waals surface area contributed by atoms with E-state index in [2.05, 4.69) is 0 Å². The highest BCUT2D eigenvalue weighted by Gasteiger charge is 2.23. The molecule has 1 saturated heterocycles. The fraction of sp³-hybridized carbons (Fsp3) is 0.435. The van der Waals surface area contributed by atoms with Crippen LogP contribution in [-0.2, 0) is 0 Å². The van der Waals surface area contributed by atoms with Crippen LogP contribution in [0.4, 0.5) is 13.2 Å². The van der Waals surface area contributed by atoms with Crippen molar-refractivity contribution in [1.82, 2.24) is 0 Å². The van der Waals surface area contributed by atoms with Gasteiger partial charge in [-0.3, -0.25) is 0 Å². The van der Waals surface area contributed by atoms with E-state index in [1.165, 1.54) is 42.6 Å². The maximum Gasteiger partial charge on any atom is 0.343 e. The lowest BCUT2D eigenvalue weighted by atomic mass is 9.93. The van der Waals surface area contributed by atoms with Gasteiger partial charge in [0.2, 0.25) is 0 Å². The molecule has 156 valence electrons. The molecule has 0 radical (unpaired) electrons. The summed E-state index contributed by atoms with van der Waals surface area (Å²) in [5, 5.41) is 0. The fourth-order valence-corrected chi connectivity index (χ4v) is 7.50. The lowest BCUT2D eigenvalue weighted by Gasteiger charge is -2.28. The number of ether oxygens (including phenoxy) is 1. The topological polar surface area (TPSA) is 26.3 Å². The number of carbonyl (C=O) groups excluding carboxylic acids is 1. The second kappa shape index (κ2) is 10.1. The summed E-state index contributed by atoms with van der Waals surface area (Å²) in [6.07, 6.45) is 3.36. The standard InChI is InChI=1S/C23H27F3O2Si/c1-16(24)3-2-12-29-13-10-18(11-14-29)17-4-6-19(7-5-17)23(27)28-20-8-9-21(25)22(26)15-20/h4-9,15-16,18,29H,2-3,10-14H2,1H3/t16?,18-,29-. The third-order valence-electron chi connectivity index (χ3n) is 5.78. The predicted molar refractivity (Wildman–Crippen MR) is 111 cm³/mol. The van der Waals surface area contributed by atoms with E-state index in [1.807, 2.05) is 12.1 Å². The van der Waals surface area contributed by atoms with Gasteiger partial charge in [0.15, 0.2) is 11.6 Å². The first-order chi connectivity index (χ1) is 13.9. The van der Waals surface area contributed by atoms with Crippen LogP contribution in [0.5, 0.6) is 5.75 Å². The molecule has 3 rings (SSSR count). The molecule has 29 heavy (non-hydrogen) atoms. The molecule has 0 aliphatic carbocycles. The lowest BCUT2D eigenvalue weighted by Crippen LogP contribution is -2.20. The van der Waals surface area contributed by atoms with Crippen LogP contribution in [0.15, 0.2) is 42.5 Å². The average Bonchev–Trinajstić information content (AvgIpc) is 2.71. The minimum absolute atomic E-state index is 0.0246. The van der Waals surface area contributed by atoms with Gasteiger partial charge in [0.05, 0.1) is 11.7 Å². The minimum atomic E-state index is -1.05. The molecular formula is C23H27F3O2Si. The van der Waals surface area contributed by atoms with Crippen molar-refractivity contribution in [3.05, 3.63) is 65.2 Å². The molecule has 1 heterocycles. The lowest BCUT2D eigenvalue weighted by molar-refractivity contribution is 0.0734. The van der Waals surface area contributed by atoms with Crippen molar-refractivity contribution in [3.63, 3.8) is 0 Å². The van der Waals surface area contributed by atoms with Gasteiger partial charge in [-0.15, -0.1) is 0 Å². The van der Waals surface area contributed by atoms with Gasteiger partial charge in [0, 0.05) is 14.9 Å². The Morgan fingerprint density at radius 2 is 1.79 bits per heavy atom. The number of rotatable bonds is 7. The zero-order chi connectivity index (χ0) is 20.8. The molecule has 0 N–H and O–H groups in total. The molecule has 1 atom stereocenters. The van der Waals surface area contributed by atoms with Crippen LogP contribution in [0.2, 0.25) is 18.1 Å². The number of hydrogen-bond donors (Lipinski definition) is 0. The van der Waals surface area contributed by atoms with Crippen molar-refractivity contribution in [2.24, 2.45) is 0 Å². The van der Waals surface area contributed by atoms with Gasteiger partial charge in [-0.25, -0.2) is 18.0 Å². The molecule has 1 aliphatic heterocycles. The molecule has 6 heteroatoms. The summed E-state index contributed by atoms with van der Waals surface area (Å²) in [6.45, 7) is 1.63. The molecule has 1 fully saturated rings. The Labute approximate surface area is 171 Å².